The highest BCUT2D eigenvalue weighted by Gasteiger charge is 2.19. The molecule has 1 atom stereocenters. The maximum Gasteiger partial charge on any atom is 0.328 e. The van der Waals surface area contributed by atoms with Gasteiger partial charge in [-0.3, -0.25) is 9.59 Å². The van der Waals surface area contributed by atoms with Crippen molar-refractivity contribution in [2.45, 2.75) is 32.2 Å². The number of hydrogen-bond donors (Lipinski definition) is 1. The lowest BCUT2D eigenvalue weighted by Crippen LogP contribution is -2.39. The molecule has 0 heterocycles. The van der Waals surface area contributed by atoms with Crippen molar-refractivity contribution in [3.8, 4) is 0 Å². The van der Waals surface area contributed by atoms with Crippen LogP contribution in [-0.4, -0.2) is 30.3 Å². The van der Waals surface area contributed by atoms with Crippen LogP contribution >= 0.6 is 0 Å². The number of rotatable bonds is 7. The number of ketones is 1. The Labute approximate surface area is 164 Å². The molecule has 0 bridgehead atoms. The number of ether oxygens (including phenoxy) is 1. The lowest BCUT2D eigenvalue weighted by Gasteiger charge is -2.12. The Morgan fingerprint density at radius 3 is 2.61 bits per heavy atom. The molecule has 1 N–H and O–H groups in total. The van der Waals surface area contributed by atoms with Gasteiger partial charge in [0.15, 0.2) is 12.4 Å². The molecule has 1 amide bonds. The quantitative estimate of drug-likeness (QED) is 0.457. The number of aryl methyl sites for hydroxylation is 2. The van der Waals surface area contributed by atoms with E-state index < -0.39 is 17.9 Å². The van der Waals surface area contributed by atoms with Gasteiger partial charge in [-0.1, -0.05) is 42.5 Å². The summed E-state index contributed by atoms with van der Waals surface area (Å²) in [6, 6.07) is 14.2. The van der Waals surface area contributed by atoms with Gasteiger partial charge in [-0.05, 0) is 55.0 Å². The average molecular weight is 377 g/mol. The fraction of sp³-hybridized carbons (Fsp3) is 0.261. The van der Waals surface area contributed by atoms with Crippen LogP contribution in [0.4, 0.5) is 0 Å². The highest BCUT2D eigenvalue weighted by molar-refractivity contribution is 5.99. The predicted octanol–water partition coefficient (Wildman–Crippen LogP) is 3.12. The van der Waals surface area contributed by atoms with E-state index in [0.717, 1.165) is 24.8 Å². The molecular weight excluding hydrogens is 354 g/mol. The van der Waals surface area contributed by atoms with E-state index in [1.54, 1.807) is 12.1 Å². The number of carbonyl (C=O) groups excluding carboxylic acids is 3. The molecule has 0 unspecified atom stereocenters. The fourth-order valence-electron chi connectivity index (χ4n) is 3.15. The zero-order chi connectivity index (χ0) is 19.9. The Balaban J connectivity index is 1.46. The average Bonchev–Trinajstić information content (AvgIpc) is 3.18. The molecule has 5 nitrogen and oxygen atoms in total. The summed E-state index contributed by atoms with van der Waals surface area (Å²) < 4.78 is 5.08. The lowest BCUT2D eigenvalue weighted by atomic mass is 10.0. The topological polar surface area (TPSA) is 72.5 Å². The Bertz CT molecular complexity index is 902. The van der Waals surface area contributed by atoms with Crippen molar-refractivity contribution < 1.29 is 19.1 Å². The Morgan fingerprint density at radius 2 is 1.82 bits per heavy atom. The van der Waals surface area contributed by atoms with E-state index in [1.807, 2.05) is 42.5 Å². The summed E-state index contributed by atoms with van der Waals surface area (Å²) in [5, 5.41) is 2.54. The second-order valence-electron chi connectivity index (χ2n) is 6.84. The van der Waals surface area contributed by atoms with Gasteiger partial charge in [0.25, 0.3) is 0 Å². The molecule has 1 aliphatic rings. The van der Waals surface area contributed by atoms with E-state index >= 15 is 0 Å². The van der Waals surface area contributed by atoms with Crippen molar-refractivity contribution in [2.24, 2.45) is 0 Å². The first-order valence-electron chi connectivity index (χ1n) is 9.38. The zero-order valence-corrected chi connectivity index (χ0v) is 15.8. The van der Waals surface area contributed by atoms with Crippen LogP contribution in [-0.2, 0) is 27.2 Å². The largest absolute Gasteiger partial charge is 0.456 e. The molecule has 2 aromatic carbocycles. The van der Waals surface area contributed by atoms with E-state index in [2.05, 4.69) is 5.32 Å². The van der Waals surface area contributed by atoms with Crippen LogP contribution in [0.3, 0.4) is 0 Å². The van der Waals surface area contributed by atoms with E-state index in [9.17, 15) is 14.4 Å². The smallest absolute Gasteiger partial charge is 0.328 e. The second kappa shape index (κ2) is 9.13. The van der Waals surface area contributed by atoms with E-state index in [1.165, 1.54) is 24.1 Å². The number of esters is 1. The van der Waals surface area contributed by atoms with Crippen LogP contribution in [0.25, 0.3) is 6.08 Å². The minimum Gasteiger partial charge on any atom is -0.456 e. The predicted molar refractivity (Wildman–Crippen MR) is 107 cm³/mol. The molecule has 0 saturated carbocycles. The van der Waals surface area contributed by atoms with E-state index in [0.29, 0.717) is 5.56 Å². The molecular formula is C23H23NO4. The molecule has 0 fully saturated rings. The number of benzene rings is 2. The molecule has 2 aromatic rings. The third kappa shape index (κ3) is 5.16. The minimum atomic E-state index is -0.847. The van der Waals surface area contributed by atoms with Gasteiger partial charge in [-0.2, -0.15) is 0 Å². The number of hydrogen-bond acceptors (Lipinski definition) is 4. The van der Waals surface area contributed by atoms with Crippen LogP contribution in [0.1, 0.15) is 40.4 Å². The summed E-state index contributed by atoms with van der Waals surface area (Å²) in [5.74, 6) is -1.29. The Hall–Kier alpha value is -3.21. The summed E-state index contributed by atoms with van der Waals surface area (Å²) in [6.07, 6.45) is 6.15. The molecule has 0 aromatic heterocycles. The molecule has 0 aliphatic heterocycles. The molecule has 1 aliphatic carbocycles. The standard InChI is InChI=1S/C23H23NO4/c1-16(24-22(26)13-10-17-6-3-2-4-7-17)23(27)28-15-21(25)20-12-11-18-8-5-9-19(18)14-20/h2-4,6-7,10-14,16H,5,8-9,15H2,1H3,(H,24,26)/b13-10+/t16-/m0/s1. The fourth-order valence-corrected chi connectivity index (χ4v) is 3.15. The molecule has 0 saturated heterocycles. The number of nitrogens with one attached hydrogen (secondary N) is 1. The van der Waals surface area contributed by atoms with Crippen molar-refractivity contribution in [3.05, 3.63) is 76.9 Å². The summed E-state index contributed by atoms with van der Waals surface area (Å²) in [4.78, 5) is 36.3. The first kappa shape index (κ1) is 19.5. The van der Waals surface area contributed by atoms with Crippen LogP contribution in [0.5, 0.6) is 0 Å². The van der Waals surface area contributed by atoms with Gasteiger partial charge < -0.3 is 10.1 Å². The van der Waals surface area contributed by atoms with Gasteiger partial charge >= 0.3 is 5.97 Å². The second-order valence-corrected chi connectivity index (χ2v) is 6.84. The number of carbonyl (C=O) groups is 3. The summed E-state index contributed by atoms with van der Waals surface area (Å²) >= 11 is 0. The molecule has 5 heteroatoms. The summed E-state index contributed by atoms with van der Waals surface area (Å²) in [5.41, 5.74) is 3.92. The molecule has 3 rings (SSSR count). The van der Waals surface area contributed by atoms with Crippen molar-refractivity contribution >= 4 is 23.7 Å². The third-order valence-corrected chi connectivity index (χ3v) is 4.71. The van der Waals surface area contributed by atoms with Gasteiger partial charge in [-0.25, -0.2) is 4.79 Å². The van der Waals surface area contributed by atoms with Crippen molar-refractivity contribution in [1.82, 2.24) is 5.32 Å². The Kier molecular flexibility index (Phi) is 6.37. The van der Waals surface area contributed by atoms with Crippen LogP contribution in [0.15, 0.2) is 54.6 Å². The lowest BCUT2D eigenvalue weighted by molar-refractivity contribution is -0.145. The van der Waals surface area contributed by atoms with Gasteiger partial charge in [0.05, 0.1) is 0 Å². The van der Waals surface area contributed by atoms with Gasteiger partial charge in [0.1, 0.15) is 6.04 Å². The molecule has 28 heavy (non-hydrogen) atoms. The first-order chi connectivity index (χ1) is 13.5. The van der Waals surface area contributed by atoms with Gasteiger partial charge in [0.2, 0.25) is 5.91 Å². The van der Waals surface area contributed by atoms with Gasteiger partial charge in [-0.15, -0.1) is 0 Å². The maximum absolute atomic E-state index is 12.3. The zero-order valence-electron chi connectivity index (χ0n) is 15.8. The first-order valence-corrected chi connectivity index (χ1v) is 9.38. The van der Waals surface area contributed by atoms with Crippen molar-refractivity contribution in [3.63, 3.8) is 0 Å². The minimum absolute atomic E-state index is 0.245. The van der Waals surface area contributed by atoms with E-state index in [-0.39, 0.29) is 12.4 Å². The highest BCUT2D eigenvalue weighted by Crippen LogP contribution is 2.23. The molecule has 0 spiro atoms. The number of fused-ring (bicyclic) bond motifs is 1. The Morgan fingerprint density at radius 1 is 1.07 bits per heavy atom. The number of Topliss-reactive ketones (excluding diaryl/α,β-unsaturated/α-hetero) is 1. The summed E-state index contributed by atoms with van der Waals surface area (Å²) in [7, 11) is 0. The van der Waals surface area contributed by atoms with Crippen molar-refractivity contribution in [1.29, 1.82) is 0 Å². The van der Waals surface area contributed by atoms with E-state index in [4.69, 9.17) is 4.74 Å². The number of amides is 1. The van der Waals surface area contributed by atoms with Crippen LogP contribution in [0.2, 0.25) is 0 Å². The highest BCUT2D eigenvalue weighted by atomic mass is 16.5. The monoisotopic (exact) mass is 377 g/mol. The SMILES string of the molecule is C[C@H](NC(=O)/C=C/c1ccccc1)C(=O)OCC(=O)c1ccc2c(c1)CCC2. The van der Waals surface area contributed by atoms with Crippen LogP contribution < -0.4 is 5.32 Å². The van der Waals surface area contributed by atoms with Crippen LogP contribution in [0, 0.1) is 0 Å². The normalized spacial score (nSPS) is 13.8. The molecule has 0 radical (unpaired) electrons. The summed E-state index contributed by atoms with van der Waals surface area (Å²) in [6.45, 7) is 1.19. The third-order valence-electron chi connectivity index (χ3n) is 4.71. The maximum atomic E-state index is 12.3. The van der Waals surface area contributed by atoms with Gasteiger partial charge in [0, 0.05) is 11.6 Å². The molecule has 144 valence electrons. The van der Waals surface area contributed by atoms with Crippen molar-refractivity contribution in [2.75, 3.05) is 6.61 Å².